The number of carbonyl (C=O) groups excluding carboxylic acids is 1. The van der Waals surface area contributed by atoms with E-state index in [1.54, 1.807) is 31.2 Å². The van der Waals surface area contributed by atoms with Crippen molar-refractivity contribution in [2.45, 2.75) is 25.9 Å². The summed E-state index contributed by atoms with van der Waals surface area (Å²) < 4.78 is 37.2. The van der Waals surface area contributed by atoms with E-state index in [1.807, 2.05) is 0 Å². The molecule has 0 unspecified atom stereocenters. The lowest BCUT2D eigenvalue weighted by Gasteiger charge is -2.22. The van der Waals surface area contributed by atoms with E-state index in [2.05, 4.69) is 0 Å². The van der Waals surface area contributed by atoms with Crippen molar-refractivity contribution in [2.24, 2.45) is 0 Å². The number of nitrogens with zero attached hydrogens (tertiary/aromatic N) is 1. The van der Waals surface area contributed by atoms with Crippen LogP contribution in [0.4, 0.5) is 13.2 Å². The van der Waals surface area contributed by atoms with Crippen LogP contribution in [-0.2, 0) is 0 Å². The Morgan fingerprint density at radius 1 is 1.25 bits per heavy atom. The molecule has 2 nitrogen and oxygen atoms in total. The van der Waals surface area contributed by atoms with Gasteiger partial charge in [-0.05, 0) is 25.1 Å². The van der Waals surface area contributed by atoms with Crippen LogP contribution in [0, 0.1) is 0 Å². The third-order valence-electron chi connectivity index (χ3n) is 2.77. The Bertz CT molecular complexity index is 448. The molecule has 0 heterocycles. The fourth-order valence-electron chi connectivity index (χ4n) is 1.92. The van der Waals surface area contributed by atoms with E-state index >= 15 is 0 Å². The first kappa shape index (κ1) is 17.0. The molecule has 0 saturated carbocycles. The molecule has 20 heavy (non-hydrogen) atoms. The molecule has 1 aromatic carbocycles. The molecule has 6 heteroatoms. The lowest BCUT2D eigenvalue weighted by Crippen LogP contribution is -2.36. The SMILES string of the molecule is CCCN(CCC(=O)c1ccccc1Cl)CC(F)(F)F. The summed E-state index contributed by atoms with van der Waals surface area (Å²) in [4.78, 5) is 13.2. The highest BCUT2D eigenvalue weighted by Gasteiger charge is 2.30. The molecular formula is C14H17ClF3NO. The van der Waals surface area contributed by atoms with Crippen molar-refractivity contribution in [3.8, 4) is 0 Å². The summed E-state index contributed by atoms with van der Waals surface area (Å²) in [6.45, 7) is 1.21. The largest absolute Gasteiger partial charge is 0.401 e. The van der Waals surface area contributed by atoms with Crippen LogP contribution in [0.25, 0.3) is 0 Å². The summed E-state index contributed by atoms with van der Waals surface area (Å²) in [5.41, 5.74) is 0.359. The third-order valence-corrected chi connectivity index (χ3v) is 3.10. The zero-order valence-electron chi connectivity index (χ0n) is 11.2. The van der Waals surface area contributed by atoms with Crippen LogP contribution in [0.5, 0.6) is 0 Å². The third kappa shape index (κ3) is 5.92. The van der Waals surface area contributed by atoms with Crippen LogP contribution < -0.4 is 0 Å². The van der Waals surface area contributed by atoms with E-state index < -0.39 is 12.7 Å². The molecule has 0 bridgehead atoms. The van der Waals surface area contributed by atoms with Gasteiger partial charge in [0.05, 0.1) is 11.6 Å². The van der Waals surface area contributed by atoms with Gasteiger partial charge in [0.2, 0.25) is 0 Å². The number of carbonyl (C=O) groups is 1. The standard InChI is InChI=1S/C14H17ClF3NO/c1-2-8-19(10-14(16,17)18)9-7-13(20)11-5-3-4-6-12(11)15/h3-6H,2,7-10H2,1H3. The van der Waals surface area contributed by atoms with Crippen LogP contribution >= 0.6 is 11.6 Å². The summed E-state index contributed by atoms with van der Waals surface area (Å²) in [6.07, 6.45) is -3.61. The predicted molar refractivity (Wildman–Crippen MR) is 73.2 cm³/mol. The Hall–Kier alpha value is -1.07. The van der Waals surface area contributed by atoms with Crippen molar-refractivity contribution >= 4 is 17.4 Å². The van der Waals surface area contributed by atoms with Crippen LogP contribution in [0.2, 0.25) is 5.02 Å². The summed E-state index contributed by atoms with van der Waals surface area (Å²) >= 11 is 5.89. The summed E-state index contributed by atoms with van der Waals surface area (Å²) in [5, 5.41) is 0.329. The molecule has 1 aromatic rings. The highest BCUT2D eigenvalue weighted by Crippen LogP contribution is 2.19. The first-order valence-electron chi connectivity index (χ1n) is 6.40. The Kier molecular flexibility index (Phi) is 6.49. The maximum Gasteiger partial charge on any atom is 0.401 e. The number of benzene rings is 1. The Morgan fingerprint density at radius 3 is 2.45 bits per heavy atom. The molecular weight excluding hydrogens is 291 g/mol. The molecule has 0 aromatic heterocycles. The van der Waals surface area contributed by atoms with Crippen LogP contribution in [-0.4, -0.2) is 36.5 Å². The molecule has 0 N–H and O–H groups in total. The van der Waals surface area contributed by atoms with Gasteiger partial charge in [0.15, 0.2) is 5.78 Å². The maximum absolute atomic E-state index is 12.4. The summed E-state index contributed by atoms with van der Waals surface area (Å²) in [6, 6.07) is 6.55. The van der Waals surface area contributed by atoms with Crippen molar-refractivity contribution in [1.29, 1.82) is 0 Å². The topological polar surface area (TPSA) is 20.3 Å². The average Bonchev–Trinajstić information content (AvgIpc) is 2.34. The fourth-order valence-corrected chi connectivity index (χ4v) is 2.16. The lowest BCUT2D eigenvalue weighted by atomic mass is 10.1. The van der Waals surface area contributed by atoms with E-state index in [-0.39, 0.29) is 18.7 Å². The van der Waals surface area contributed by atoms with E-state index in [4.69, 9.17) is 11.6 Å². The highest BCUT2D eigenvalue weighted by molar-refractivity contribution is 6.33. The maximum atomic E-state index is 12.4. The van der Waals surface area contributed by atoms with Crippen molar-refractivity contribution in [3.63, 3.8) is 0 Å². The monoisotopic (exact) mass is 307 g/mol. The smallest absolute Gasteiger partial charge is 0.295 e. The molecule has 0 saturated heterocycles. The summed E-state index contributed by atoms with van der Waals surface area (Å²) in [5.74, 6) is -0.237. The van der Waals surface area contributed by atoms with E-state index in [9.17, 15) is 18.0 Å². The fraction of sp³-hybridized carbons (Fsp3) is 0.500. The van der Waals surface area contributed by atoms with Gasteiger partial charge in [-0.1, -0.05) is 30.7 Å². The molecule has 0 atom stereocenters. The second-order valence-electron chi connectivity index (χ2n) is 4.54. The average molecular weight is 308 g/mol. The van der Waals surface area contributed by atoms with Gasteiger partial charge in [-0.3, -0.25) is 9.69 Å². The number of ketones is 1. The molecule has 0 aliphatic carbocycles. The molecule has 0 aliphatic heterocycles. The van der Waals surface area contributed by atoms with Crippen LogP contribution in [0.15, 0.2) is 24.3 Å². The van der Waals surface area contributed by atoms with E-state index in [0.717, 1.165) is 0 Å². The number of hydrogen-bond acceptors (Lipinski definition) is 2. The Morgan fingerprint density at radius 2 is 1.90 bits per heavy atom. The van der Waals surface area contributed by atoms with Crippen molar-refractivity contribution in [1.82, 2.24) is 4.90 Å². The minimum atomic E-state index is -4.25. The van der Waals surface area contributed by atoms with Gasteiger partial charge in [-0.2, -0.15) is 13.2 Å². The molecule has 112 valence electrons. The van der Waals surface area contributed by atoms with Crippen LogP contribution in [0.3, 0.4) is 0 Å². The second kappa shape index (κ2) is 7.64. The zero-order valence-corrected chi connectivity index (χ0v) is 12.0. The van der Waals surface area contributed by atoms with Gasteiger partial charge in [-0.25, -0.2) is 0 Å². The summed E-state index contributed by atoms with van der Waals surface area (Å²) in [7, 11) is 0. The van der Waals surface area contributed by atoms with Crippen LogP contribution in [0.1, 0.15) is 30.1 Å². The number of hydrogen-bond donors (Lipinski definition) is 0. The predicted octanol–water partition coefficient (Wildman–Crippen LogP) is 4.19. The van der Waals surface area contributed by atoms with Gasteiger partial charge in [0.1, 0.15) is 0 Å². The molecule has 0 amide bonds. The minimum Gasteiger partial charge on any atom is -0.295 e. The Labute approximate surface area is 121 Å². The van der Waals surface area contributed by atoms with Crippen molar-refractivity contribution in [3.05, 3.63) is 34.9 Å². The molecule has 0 radical (unpaired) electrons. The van der Waals surface area contributed by atoms with E-state index in [0.29, 0.717) is 23.6 Å². The lowest BCUT2D eigenvalue weighted by molar-refractivity contribution is -0.145. The number of alkyl halides is 3. The quantitative estimate of drug-likeness (QED) is 0.704. The van der Waals surface area contributed by atoms with Gasteiger partial charge in [0, 0.05) is 18.5 Å². The molecule has 0 spiro atoms. The first-order chi connectivity index (χ1) is 9.33. The van der Waals surface area contributed by atoms with Gasteiger partial charge in [0.25, 0.3) is 0 Å². The van der Waals surface area contributed by atoms with Crippen molar-refractivity contribution < 1.29 is 18.0 Å². The van der Waals surface area contributed by atoms with Gasteiger partial charge < -0.3 is 0 Å². The van der Waals surface area contributed by atoms with Gasteiger partial charge in [-0.15, -0.1) is 0 Å². The normalized spacial score (nSPS) is 11.9. The van der Waals surface area contributed by atoms with E-state index in [1.165, 1.54) is 4.90 Å². The minimum absolute atomic E-state index is 0.0276. The van der Waals surface area contributed by atoms with Gasteiger partial charge >= 0.3 is 6.18 Å². The number of rotatable bonds is 7. The molecule has 1 rings (SSSR count). The second-order valence-corrected chi connectivity index (χ2v) is 4.95. The molecule has 0 fully saturated rings. The Balaban J connectivity index is 2.59. The highest BCUT2D eigenvalue weighted by atomic mass is 35.5. The van der Waals surface area contributed by atoms with Crippen molar-refractivity contribution in [2.75, 3.05) is 19.6 Å². The zero-order chi connectivity index (χ0) is 15.2. The molecule has 0 aliphatic rings. The first-order valence-corrected chi connectivity index (χ1v) is 6.78. The number of halogens is 4. The number of Topliss-reactive ketones (excluding diaryl/α,β-unsaturated/α-hetero) is 1.